The first-order valence-electron chi connectivity index (χ1n) is 6.17. The number of rotatable bonds is 4. The molecule has 1 heterocycles. The van der Waals surface area contributed by atoms with Crippen molar-refractivity contribution < 1.29 is 9.18 Å². The Morgan fingerprint density at radius 1 is 1.21 bits per heavy atom. The molecule has 19 heavy (non-hydrogen) atoms. The highest BCUT2D eigenvalue weighted by molar-refractivity contribution is 5.92. The topological polar surface area (TPSA) is 42.0 Å². The summed E-state index contributed by atoms with van der Waals surface area (Å²) in [6.45, 7) is 2.52. The summed E-state index contributed by atoms with van der Waals surface area (Å²) >= 11 is 0. The molecule has 1 aromatic heterocycles. The van der Waals surface area contributed by atoms with Crippen molar-refractivity contribution in [2.24, 2.45) is 0 Å². The smallest absolute Gasteiger partial charge is 0.270 e. The number of halogens is 1. The molecule has 0 saturated heterocycles. The summed E-state index contributed by atoms with van der Waals surface area (Å²) in [6.07, 6.45) is 1.95. The molecule has 0 aliphatic carbocycles. The van der Waals surface area contributed by atoms with Crippen LogP contribution in [0.1, 0.15) is 28.5 Å². The summed E-state index contributed by atoms with van der Waals surface area (Å²) in [6, 6.07) is 10.5. The van der Waals surface area contributed by atoms with Crippen LogP contribution in [0.2, 0.25) is 0 Å². The summed E-state index contributed by atoms with van der Waals surface area (Å²) in [5.74, 6) is -0.751. The highest BCUT2D eigenvalue weighted by atomic mass is 19.1. The lowest BCUT2D eigenvalue weighted by atomic mass is 10.1. The molecule has 1 amide bonds. The third-order valence-electron chi connectivity index (χ3n) is 2.90. The van der Waals surface area contributed by atoms with E-state index >= 15 is 0 Å². The lowest BCUT2D eigenvalue weighted by molar-refractivity contribution is 0.0946. The largest absolute Gasteiger partial charge is 0.347 e. The van der Waals surface area contributed by atoms with Crippen LogP contribution in [0.4, 0.5) is 4.39 Å². The van der Waals surface area contributed by atoms with Gasteiger partial charge in [-0.3, -0.25) is 4.79 Å². The van der Waals surface area contributed by atoms with E-state index in [-0.39, 0.29) is 11.6 Å². The number of hydrogen-bond acceptors (Lipinski definition) is 2. The summed E-state index contributed by atoms with van der Waals surface area (Å²) in [5, 5.41) is 2.79. The van der Waals surface area contributed by atoms with E-state index < -0.39 is 5.82 Å². The predicted octanol–water partition coefficient (Wildman–Crippen LogP) is 2.71. The summed E-state index contributed by atoms with van der Waals surface area (Å²) < 4.78 is 12.7. The van der Waals surface area contributed by atoms with Gasteiger partial charge < -0.3 is 5.32 Å². The molecule has 0 bridgehead atoms. The number of aryl methyl sites for hydroxylation is 1. The lowest BCUT2D eigenvalue weighted by Crippen LogP contribution is -2.24. The Balaban J connectivity index is 2.02. The van der Waals surface area contributed by atoms with Gasteiger partial charge in [-0.1, -0.05) is 31.2 Å². The van der Waals surface area contributed by atoms with Crippen molar-refractivity contribution in [2.75, 3.05) is 0 Å². The summed E-state index contributed by atoms with van der Waals surface area (Å²) in [4.78, 5) is 15.6. The van der Waals surface area contributed by atoms with Crippen LogP contribution in [-0.2, 0) is 13.0 Å². The van der Waals surface area contributed by atoms with Gasteiger partial charge in [0.1, 0.15) is 11.5 Å². The molecule has 98 valence electrons. The van der Waals surface area contributed by atoms with E-state index in [9.17, 15) is 9.18 Å². The zero-order chi connectivity index (χ0) is 13.7. The standard InChI is InChI=1S/C15H15FN2O/c1-2-11-5-3-4-6-12(11)9-18-15(19)14-8-7-13(16)10-17-14/h3-8,10H,2,9H2,1H3,(H,18,19). The molecular weight excluding hydrogens is 243 g/mol. The summed E-state index contributed by atoms with van der Waals surface area (Å²) in [5.41, 5.74) is 2.51. The molecule has 0 atom stereocenters. The fraction of sp³-hybridized carbons (Fsp3) is 0.200. The quantitative estimate of drug-likeness (QED) is 0.916. The Morgan fingerprint density at radius 2 is 1.95 bits per heavy atom. The van der Waals surface area contributed by atoms with E-state index in [1.807, 2.05) is 24.3 Å². The second kappa shape index (κ2) is 6.09. The molecule has 0 unspecified atom stereocenters. The fourth-order valence-corrected chi connectivity index (χ4v) is 1.85. The van der Waals surface area contributed by atoms with Crippen molar-refractivity contribution >= 4 is 5.91 Å². The third-order valence-corrected chi connectivity index (χ3v) is 2.90. The zero-order valence-electron chi connectivity index (χ0n) is 10.7. The number of pyridine rings is 1. The number of carbonyl (C=O) groups is 1. The van der Waals surface area contributed by atoms with E-state index in [0.717, 1.165) is 18.2 Å². The second-order valence-electron chi connectivity index (χ2n) is 4.17. The van der Waals surface area contributed by atoms with Crippen LogP contribution < -0.4 is 5.32 Å². The molecule has 1 N–H and O–H groups in total. The SMILES string of the molecule is CCc1ccccc1CNC(=O)c1ccc(F)cn1. The van der Waals surface area contributed by atoms with E-state index in [1.54, 1.807) is 0 Å². The van der Waals surface area contributed by atoms with Gasteiger partial charge in [0.2, 0.25) is 0 Å². The number of amides is 1. The van der Waals surface area contributed by atoms with Gasteiger partial charge in [-0.25, -0.2) is 9.37 Å². The van der Waals surface area contributed by atoms with Crippen LogP contribution in [0.15, 0.2) is 42.6 Å². The minimum absolute atomic E-state index is 0.218. The molecule has 0 spiro atoms. The second-order valence-corrected chi connectivity index (χ2v) is 4.17. The number of benzene rings is 1. The maximum atomic E-state index is 12.7. The Labute approximate surface area is 111 Å². The van der Waals surface area contributed by atoms with Crippen molar-refractivity contribution in [3.05, 3.63) is 65.2 Å². The first kappa shape index (κ1) is 13.2. The number of nitrogens with zero attached hydrogens (tertiary/aromatic N) is 1. The average Bonchev–Trinajstić information content (AvgIpc) is 2.45. The molecule has 0 fully saturated rings. The van der Waals surface area contributed by atoms with Gasteiger partial charge >= 0.3 is 0 Å². The monoisotopic (exact) mass is 258 g/mol. The third kappa shape index (κ3) is 3.37. The maximum absolute atomic E-state index is 12.7. The average molecular weight is 258 g/mol. The van der Waals surface area contributed by atoms with Crippen LogP contribution in [0, 0.1) is 5.82 Å². The van der Waals surface area contributed by atoms with Crippen molar-refractivity contribution in [1.29, 1.82) is 0 Å². The van der Waals surface area contributed by atoms with Crippen LogP contribution >= 0.6 is 0 Å². The molecule has 1 aromatic carbocycles. The molecule has 3 nitrogen and oxygen atoms in total. The minimum atomic E-state index is -0.451. The number of hydrogen-bond donors (Lipinski definition) is 1. The molecule has 2 aromatic rings. The van der Waals surface area contributed by atoms with E-state index in [1.165, 1.54) is 17.7 Å². The van der Waals surface area contributed by atoms with E-state index in [2.05, 4.69) is 17.2 Å². The minimum Gasteiger partial charge on any atom is -0.347 e. The Morgan fingerprint density at radius 3 is 2.58 bits per heavy atom. The number of carbonyl (C=O) groups excluding carboxylic acids is 1. The summed E-state index contributed by atoms with van der Waals surface area (Å²) in [7, 11) is 0. The van der Waals surface area contributed by atoms with Gasteiger partial charge in [0, 0.05) is 6.54 Å². The maximum Gasteiger partial charge on any atom is 0.270 e. The van der Waals surface area contributed by atoms with E-state index in [0.29, 0.717) is 6.54 Å². The van der Waals surface area contributed by atoms with Gasteiger partial charge in [-0.15, -0.1) is 0 Å². The molecular formula is C15H15FN2O. The van der Waals surface area contributed by atoms with Gasteiger partial charge in [0.25, 0.3) is 5.91 Å². The molecule has 0 aliphatic heterocycles. The molecule has 4 heteroatoms. The van der Waals surface area contributed by atoms with Gasteiger partial charge in [-0.05, 0) is 29.7 Å². The first-order chi connectivity index (χ1) is 9.20. The predicted molar refractivity (Wildman–Crippen MR) is 71.2 cm³/mol. The van der Waals surface area contributed by atoms with Crippen molar-refractivity contribution in [3.63, 3.8) is 0 Å². The van der Waals surface area contributed by atoms with Crippen LogP contribution in [0.5, 0.6) is 0 Å². The first-order valence-corrected chi connectivity index (χ1v) is 6.17. The van der Waals surface area contributed by atoms with Crippen LogP contribution in [0.3, 0.4) is 0 Å². The number of aromatic nitrogens is 1. The molecule has 0 aliphatic rings. The Hall–Kier alpha value is -2.23. The number of nitrogens with one attached hydrogen (secondary N) is 1. The van der Waals surface area contributed by atoms with Gasteiger partial charge in [0.15, 0.2) is 0 Å². The van der Waals surface area contributed by atoms with Crippen molar-refractivity contribution in [3.8, 4) is 0 Å². The molecule has 0 radical (unpaired) electrons. The fourth-order valence-electron chi connectivity index (χ4n) is 1.85. The van der Waals surface area contributed by atoms with Crippen LogP contribution in [0.25, 0.3) is 0 Å². The molecule has 0 saturated carbocycles. The lowest BCUT2D eigenvalue weighted by Gasteiger charge is -2.08. The van der Waals surface area contributed by atoms with Gasteiger partial charge in [-0.2, -0.15) is 0 Å². The Kier molecular flexibility index (Phi) is 4.23. The zero-order valence-corrected chi connectivity index (χ0v) is 10.7. The van der Waals surface area contributed by atoms with Crippen molar-refractivity contribution in [1.82, 2.24) is 10.3 Å². The van der Waals surface area contributed by atoms with Crippen LogP contribution in [-0.4, -0.2) is 10.9 Å². The highest BCUT2D eigenvalue weighted by Crippen LogP contribution is 2.09. The normalized spacial score (nSPS) is 10.2. The highest BCUT2D eigenvalue weighted by Gasteiger charge is 2.07. The van der Waals surface area contributed by atoms with Crippen molar-refractivity contribution in [2.45, 2.75) is 19.9 Å². The van der Waals surface area contributed by atoms with Gasteiger partial charge in [0.05, 0.1) is 6.20 Å². The van der Waals surface area contributed by atoms with E-state index in [4.69, 9.17) is 0 Å². The Bertz CT molecular complexity index is 567. The molecule has 2 rings (SSSR count).